The Morgan fingerprint density at radius 1 is 1.56 bits per heavy atom. The smallest absolute Gasteiger partial charge is 0.254 e. The van der Waals surface area contributed by atoms with Gasteiger partial charge in [-0.25, -0.2) is 4.39 Å². The number of carbonyl (C=O) groups excluding carboxylic acids is 1. The molecule has 0 heterocycles. The number of thioether (sulfide) groups is 1. The van der Waals surface area contributed by atoms with Crippen LogP contribution >= 0.6 is 11.8 Å². The maximum absolute atomic E-state index is 13.6. The molecule has 0 radical (unpaired) electrons. The summed E-state index contributed by atoms with van der Waals surface area (Å²) < 4.78 is 18.5. The minimum Gasteiger partial charge on any atom is -0.497 e. The fourth-order valence-corrected chi connectivity index (χ4v) is 2.06. The van der Waals surface area contributed by atoms with E-state index in [0.29, 0.717) is 5.75 Å². The molecule has 1 N–H and O–H groups in total. The Hall–Kier alpha value is -1.23. The van der Waals surface area contributed by atoms with E-state index < -0.39 is 5.82 Å². The van der Waals surface area contributed by atoms with Gasteiger partial charge in [-0.2, -0.15) is 11.8 Å². The van der Waals surface area contributed by atoms with E-state index >= 15 is 0 Å². The van der Waals surface area contributed by atoms with E-state index in [1.165, 1.54) is 19.2 Å². The average molecular weight is 271 g/mol. The van der Waals surface area contributed by atoms with Crippen LogP contribution in [0.1, 0.15) is 23.7 Å². The van der Waals surface area contributed by atoms with Gasteiger partial charge in [0.15, 0.2) is 0 Å². The van der Waals surface area contributed by atoms with Crippen molar-refractivity contribution in [3.8, 4) is 5.75 Å². The first-order valence-corrected chi connectivity index (χ1v) is 7.11. The second-order valence-electron chi connectivity index (χ2n) is 4.00. The van der Waals surface area contributed by atoms with Crippen molar-refractivity contribution in [1.29, 1.82) is 0 Å². The Morgan fingerprint density at radius 2 is 2.28 bits per heavy atom. The highest BCUT2D eigenvalue weighted by Gasteiger charge is 2.14. The van der Waals surface area contributed by atoms with Crippen LogP contribution in [0.3, 0.4) is 0 Å². The lowest BCUT2D eigenvalue weighted by Gasteiger charge is -2.13. The molecular weight excluding hydrogens is 253 g/mol. The topological polar surface area (TPSA) is 38.3 Å². The lowest BCUT2D eigenvalue weighted by molar-refractivity contribution is 0.0935. The van der Waals surface area contributed by atoms with Gasteiger partial charge in [-0.15, -0.1) is 0 Å². The van der Waals surface area contributed by atoms with Gasteiger partial charge in [0, 0.05) is 12.1 Å². The maximum atomic E-state index is 13.6. The van der Waals surface area contributed by atoms with Crippen LogP contribution in [0.5, 0.6) is 5.75 Å². The number of nitrogens with one attached hydrogen (secondary N) is 1. The van der Waals surface area contributed by atoms with Crippen molar-refractivity contribution in [2.45, 2.75) is 19.4 Å². The minimum absolute atomic E-state index is 0.0338. The fraction of sp³-hybridized carbons (Fsp3) is 0.462. The molecule has 1 atom stereocenters. The molecule has 0 fully saturated rings. The number of methoxy groups -OCH3 is 1. The van der Waals surface area contributed by atoms with Crippen LogP contribution in [0.4, 0.5) is 4.39 Å². The van der Waals surface area contributed by atoms with Crippen LogP contribution in [0.25, 0.3) is 0 Å². The van der Waals surface area contributed by atoms with Crippen LogP contribution < -0.4 is 10.1 Å². The molecule has 5 heteroatoms. The molecule has 0 spiro atoms. The van der Waals surface area contributed by atoms with E-state index in [9.17, 15) is 9.18 Å². The molecule has 1 aromatic rings. The van der Waals surface area contributed by atoms with Crippen LogP contribution in [0.15, 0.2) is 18.2 Å². The van der Waals surface area contributed by atoms with Crippen LogP contribution in [-0.2, 0) is 0 Å². The Labute approximate surface area is 111 Å². The summed E-state index contributed by atoms with van der Waals surface area (Å²) in [6.45, 7) is 1.91. The Morgan fingerprint density at radius 3 is 2.83 bits per heavy atom. The molecule has 0 aromatic heterocycles. The summed E-state index contributed by atoms with van der Waals surface area (Å²) >= 11 is 1.72. The predicted octanol–water partition coefficient (Wildman–Crippen LogP) is 2.71. The first kappa shape index (κ1) is 14.8. The van der Waals surface area contributed by atoms with Crippen molar-refractivity contribution in [3.63, 3.8) is 0 Å². The Kier molecular flexibility index (Phi) is 5.98. The molecule has 1 rings (SSSR count). The van der Waals surface area contributed by atoms with Crippen LogP contribution in [0, 0.1) is 5.82 Å². The molecule has 1 unspecified atom stereocenters. The van der Waals surface area contributed by atoms with Gasteiger partial charge in [-0.05, 0) is 37.5 Å². The molecular formula is C13H18FNO2S. The normalized spacial score (nSPS) is 12.0. The number of carbonyl (C=O) groups is 1. The quantitative estimate of drug-likeness (QED) is 0.864. The molecule has 1 aromatic carbocycles. The lowest BCUT2D eigenvalue weighted by Crippen LogP contribution is -2.33. The van der Waals surface area contributed by atoms with Crippen molar-refractivity contribution in [3.05, 3.63) is 29.6 Å². The highest BCUT2D eigenvalue weighted by Crippen LogP contribution is 2.16. The molecule has 0 saturated heterocycles. The summed E-state index contributed by atoms with van der Waals surface area (Å²) in [5.41, 5.74) is 0.0480. The summed E-state index contributed by atoms with van der Waals surface area (Å²) in [7, 11) is 1.46. The highest BCUT2D eigenvalue weighted by atomic mass is 32.2. The highest BCUT2D eigenvalue weighted by molar-refractivity contribution is 7.98. The zero-order valence-electron chi connectivity index (χ0n) is 10.8. The van der Waals surface area contributed by atoms with Crippen molar-refractivity contribution in [1.82, 2.24) is 5.32 Å². The van der Waals surface area contributed by atoms with E-state index in [0.717, 1.165) is 12.2 Å². The number of benzene rings is 1. The number of hydrogen-bond donors (Lipinski definition) is 1. The van der Waals surface area contributed by atoms with Gasteiger partial charge in [0.05, 0.1) is 12.7 Å². The predicted molar refractivity (Wildman–Crippen MR) is 72.9 cm³/mol. The van der Waals surface area contributed by atoms with Crippen LogP contribution in [0.2, 0.25) is 0 Å². The average Bonchev–Trinajstić information content (AvgIpc) is 2.35. The second kappa shape index (κ2) is 7.26. The van der Waals surface area contributed by atoms with Crippen molar-refractivity contribution in [2.75, 3.05) is 19.1 Å². The largest absolute Gasteiger partial charge is 0.497 e. The third-order valence-electron chi connectivity index (χ3n) is 2.55. The monoisotopic (exact) mass is 271 g/mol. The minimum atomic E-state index is -0.566. The van der Waals surface area contributed by atoms with E-state index in [-0.39, 0.29) is 17.5 Å². The molecule has 0 saturated carbocycles. The first-order chi connectivity index (χ1) is 8.58. The number of rotatable bonds is 6. The van der Waals surface area contributed by atoms with Crippen LogP contribution in [-0.4, -0.2) is 31.1 Å². The van der Waals surface area contributed by atoms with Gasteiger partial charge in [-0.3, -0.25) is 4.79 Å². The standard InChI is InChI=1S/C13H18FNO2S/c1-9(6-7-18-3)15-13(16)11-5-4-10(17-2)8-12(11)14/h4-5,8-9H,6-7H2,1-3H3,(H,15,16). The number of amides is 1. The molecule has 0 bridgehead atoms. The molecule has 0 aliphatic carbocycles. The molecule has 0 aliphatic rings. The molecule has 0 aliphatic heterocycles. The zero-order chi connectivity index (χ0) is 13.5. The van der Waals surface area contributed by atoms with E-state index in [1.807, 2.05) is 13.2 Å². The van der Waals surface area contributed by atoms with Crippen molar-refractivity contribution in [2.24, 2.45) is 0 Å². The third-order valence-corrected chi connectivity index (χ3v) is 3.20. The van der Waals surface area contributed by atoms with Crippen molar-refractivity contribution < 1.29 is 13.9 Å². The molecule has 3 nitrogen and oxygen atoms in total. The molecule has 100 valence electrons. The Bertz CT molecular complexity index is 412. The van der Waals surface area contributed by atoms with Gasteiger partial charge >= 0.3 is 0 Å². The third kappa shape index (κ3) is 4.22. The fourth-order valence-electron chi connectivity index (χ4n) is 1.48. The number of halogens is 1. The summed E-state index contributed by atoms with van der Waals surface area (Å²) in [6.07, 6.45) is 2.88. The van der Waals surface area contributed by atoms with Gasteiger partial charge in [0.25, 0.3) is 5.91 Å². The summed E-state index contributed by atoms with van der Waals surface area (Å²) in [4.78, 5) is 11.8. The Balaban J connectivity index is 2.66. The SMILES string of the molecule is COc1ccc(C(=O)NC(C)CCSC)c(F)c1. The summed E-state index contributed by atoms with van der Waals surface area (Å²) in [5, 5.41) is 2.78. The summed E-state index contributed by atoms with van der Waals surface area (Å²) in [5.74, 6) is 0.416. The van der Waals surface area contributed by atoms with Gasteiger partial charge in [-0.1, -0.05) is 0 Å². The zero-order valence-corrected chi connectivity index (χ0v) is 11.6. The van der Waals surface area contributed by atoms with Gasteiger partial charge in [0.2, 0.25) is 0 Å². The van der Waals surface area contributed by atoms with Gasteiger partial charge < -0.3 is 10.1 Å². The lowest BCUT2D eigenvalue weighted by atomic mass is 10.1. The second-order valence-corrected chi connectivity index (χ2v) is 4.99. The molecule has 18 heavy (non-hydrogen) atoms. The number of hydrogen-bond acceptors (Lipinski definition) is 3. The van der Waals surface area contributed by atoms with Gasteiger partial charge in [0.1, 0.15) is 11.6 Å². The molecule has 1 amide bonds. The first-order valence-electron chi connectivity index (χ1n) is 5.71. The van der Waals surface area contributed by atoms with E-state index in [4.69, 9.17) is 4.74 Å². The number of ether oxygens (including phenoxy) is 1. The van der Waals surface area contributed by atoms with E-state index in [2.05, 4.69) is 5.32 Å². The maximum Gasteiger partial charge on any atom is 0.254 e. The van der Waals surface area contributed by atoms with E-state index in [1.54, 1.807) is 17.8 Å². The van der Waals surface area contributed by atoms with Crippen molar-refractivity contribution >= 4 is 17.7 Å². The summed E-state index contributed by atoms with van der Waals surface area (Å²) in [6, 6.07) is 4.25.